The maximum Gasteiger partial charge on any atom is 0.174 e. The lowest BCUT2D eigenvalue weighted by Crippen LogP contribution is -2.02. The molecule has 0 aromatic carbocycles. The topological polar surface area (TPSA) is 42.9 Å². The molecule has 0 saturated carbocycles. The van der Waals surface area contributed by atoms with Crippen LogP contribution in [0, 0.1) is 6.92 Å². The van der Waals surface area contributed by atoms with Gasteiger partial charge in [-0.15, -0.1) is 10.2 Å². The first-order chi connectivity index (χ1) is 6.08. The molecule has 0 bridgehead atoms. The van der Waals surface area contributed by atoms with Crippen molar-refractivity contribution >= 4 is 28.9 Å². The average molecular weight is 216 g/mol. The number of ketones is 1. The second-order valence-corrected chi connectivity index (χ2v) is 5.79. The fraction of sp³-hybridized carbons (Fsp3) is 0.625. The molecule has 0 saturated heterocycles. The molecule has 72 valence electrons. The van der Waals surface area contributed by atoms with Crippen molar-refractivity contribution in [1.29, 1.82) is 0 Å². The summed E-state index contributed by atoms with van der Waals surface area (Å²) in [5.74, 6) is 0.223. The van der Waals surface area contributed by atoms with E-state index in [-0.39, 0.29) is 5.78 Å². The third kappa shape index (κ3) is 3.87. The van der Waals surface area contributed by atoms with Crippen molar-refractivity contribution in [2.24, 2.45) is 0 Å². The maximum atomic E-state index is 10.8. The molecule has 0 amide bonds. The Bertz CT molecular complexity index is 298. The van der Waals surface area contributed by atoms with Gasteiger partial charge in [-0.05, 0) is 13.8 Å². The molecule has 13 heavy (non-hydrogen) atoms. The van der Waals surface area contributed by atoms with Crippen LogP contribution in [0.3, 0.4) is 0 Å². The normalized spacial score (nSPS) is 12.8. The molecule has 1 rings (SSSR count). The SMILES string of the molecule is CC(=O)CC(C)Sc1nnc(C)s1. The Morgan fingerprint density at radius 1 is 1.62 bits per heavy atom. The van der Waals surface area contributed by atoms with Crippen LogP contribution in [0.4, 0.5) is 0 Å². The Balaban J connectivity index is 2.44. The molecule has 1 unspecified atom stereocenters. The number of thioether (sulfide) groups is 1. The minimum atomic E-state index is 0.223. The zero-order chi connectivity index (χ0) is 9.84. The van der Waals surface area contributed by atoms with Crippen molar-refractivity contribution in [3.05, 3.63) is 5.01 Å². The van der Waals surface area contributed by atoms with Crippen LogP contribution in [-0.2, 0) is 4.79 Å². The summed E-state index contributed by atoms with van der Waals surface area (Å²) in [5.41, 5.74) is 0. The zero-order valence-electron chi connectivity index (χ0n) is 7.90. The molecule has 0 aliphatic carbocycles. The fourth-order valence-electron chi connectivity index (χ4n) is 0.945. The van der Waals surface area contributed by atoms with E-state index in [9.17, 15) is 4.79 Å². The first-order valence-electron chi connectivity index (χ1n) is 4.04. The minimum Gasteiger partial charge on any atom is -0.300 e. The third-order valence-corrected chi connectivity index (χ3v) is 3.41. The second-order valence-electron chi connectivity index (χ2n) is 2.92. The van der Waals surface area contributed by atoms with E-state index in [0.717, 1.165) is 9.35 Å². The number of aryl methyl sites for hydroxylation is 1. The fourth-order valence-corrected chi connectivity index (χ4v) is 3.16. The van der Waals surface area contributed by atoms with Crippen LogP contribution in [0.5, 0.6) is 0 Å². The molecule has 0 N–H and O–H groups in total. The van der Waals surface area contributed by atoms with Gasteiger partial charge in [-0.25, -0.2) is 0 Å². The number of rotatable bonds is 4. The first kappa shape index (κ1) is 10.7. The van der Waals surface area contributed by atoms with Crippen LogP contribution in [0.25, 0.3) is 0 Å². The van der Waals surface area contributed by atoms with E-state index < -0.39 is 0 Å². The highest BCUT2D eigenvalue weighted by Crippen LogP contribution is 2.27. The van der Waals surface area contributed by atoms with Crippen molar-refractivity contribution in [2.45, 2.75) is 36.8 Å². The molecule has 0 aliphatic rings. The quantitative estimate of drug-likeness (QED) is 0.724. The number of Topliss-reactive ketones (excluding diaryl/α,β-unsaturated/α-hetero) is 1. The molecule has 0 fully saturated rings. The van der Waals surface area contributed by atoms with Gasteiger partial charge in [0.25, 0.3) is 0 Å². The highest BCUT2D eigenvalue weighted by Gasteiger charge is 2.09. The Kier molecular flexibility index (Phi) is 3.87. The smallest absolute Gasteiger partial charge is 0.174 e. The van der Waals surface area contributed by atoms with Crippen LogP contribution in [-0.4, -0.2) is 21.2 Å². The van der Waals surface area contributed by atoms with Crippen LogP contribution in [0.2, 0.25) is 0 Å². The molecule has 0 radical (unpaired) electrons. The van der Waals surface area contributed by atoms with Gasteiger partial charge in [-0.3, -0.25) is 4.79 Å². The van der Waals surface area contributed by atoms with Gasteiger partial charge >= 0.3 is 0 Å². The maximum absolute atomic E-state index is 10.8. The predicted octanol–water partition coefficient (Wildman–Crippen LogP) is 2.31. The van der Waals surface area contributed by atoms with Crippen LogP contribution in [0.1, 0.15) is 25.3 Å². The molecule has 5 heteroatoms. The highest BCUT2D eigenvalue weighted by molar-refractivity contribution is 8.01. The molecule has 1 aromatic heterocycles. The van der Waals surface area contributed by atoms with Gasteiger partial charge in [0.05, 0.1) is 0 Å². The number of nitrogens with zero attached hydrogens (tertiary/aromatic N) is 2. The summed E-state index contributed by atoms with van der Waals surface area (Å²) < 4.78 is 0.950. The highest BCUT2D eigenvalue weighted by atomic mass is 32.2. The summed E-state index contributed by atoms with van der Waals surface area (Å²) >= 11 is 3.19. The summed E-state index contributed by atoms with van der Waals surface area (Å²) in [6.07, 6.45) is 0.600. The van der Waals surface area contributed by atoms with Crippen LogP contribution < -0.4 is 0 Å². The Morgan fingerprint density at radius 2 is 2.31 bits per heavy atom. The number of hydrogen-bond acceptors (Lipinski definition) is 5. The van der Waals surface area contributed by atoms with E-state index in [1.165, 1.54) is 0 Å². The predicted molar refractivity (Wildman–Crippen MR) is 55.3 cm³/mol. The largest absolute Gasteiger partial charge is 0.300 e. The van der Waals surface area contributed by atoms with E-state index in [4.69, 9.17) is 0 Å². The van der Waals surface area contributed by atoms with E-state index in [0.29, 0.717) is 11.7 Å². The Hall–Kier alpha value is -0.420. The van der Waals surface area contributed by atoms with Crippen molar-refractivity contribution in [2.75, 3.05) is 0 Å². The van der Waals surface area contributed by atoms with Crippen molar-refractivity contribution in [3.8, 4) is 0 Å². The Labute approximate surface area is 86.0 Å². The summed E-state index contributed by atoms with van der Waals surface area (Å²) in [6.45, 7) is 5.57. The van der Waals surface area contributed by atoms with E-state index in [1.54, 1.807) is 30.0 Å². The molecule has 3 nitrogen and oxygen atoms in total. The summed E-state index contributed by atoms with van der Waals surface area (Å²) in [5, 5.41) is 9.16. The lowest BCUT2D eigenvalue weighted by Gasteiger charge is -2.04. The monoisotopic (exact) mass is 216 g/mol. The van der Waals surface area contributed by atoms with Crippen molar-refractivity contribution in [1.82, 2.24) is 10.2 Å². The molecular weight excluding hydrogens is 204 g/mol. The summed E-state index contributed by atoms with van der Waals surface area (Å²) in [7, 11) is 0. The van der Waals surface area contributed by atoms with Gasteiger partial charge < -0.3 is 0 Å². The second kappa shape index (κ2) is 4.72. The van der Waals surface area contributed by atoms with E-state index in [1.807, 2.05) is 13.8 Å². The molecule has 1 atom stereocenters. The van der Waals surface area contributed by atoms with Crippen LogP contribution >= 0.6 is 23.1 Å². The van der Waals surface area contributed by atoms with Gasteiger partial charge in [0.15, 0.2) is 4.34 Å². The molecule has 0 aliphatic heterocycles. The molecule has 1 heterocycles. The van der Waals surface area contributed by atoms with Gasteiger partial charge in [0.2, 0.25) is 0 Å². The standard InChI is InChI=1S/C8H12N2OS2/c1-5(11)4-6(2)12-8-10-9-7(3)13-8/h6H,4H2,1-3H3. The van der Waals surface area contributed by atoms with E-state index in [2.05, 4.69) is 10.2 Å². The van der Waals surface area contributed by atoms with Gasteiger partial charge in [-0.2, -0.15) is 0 Å². The minimum absolute atomic E-state index is 0.223. The lowest BCUT2D eigenvalue weighted by atomic mass is 10.2. The Morgan fingerprint density at radius 3 is 2.77 bits per heavy atom. The number of carbonyl (C=O) groups is 1. The van der Waals surface area contributed by atoms with Crippen molar-refractivity contribution < 1.29 is 4.79 Å². The third-order valence-electron chi connectivity index (χ3n) is 1.38. The number of carbonyl (C=O) groups excluding carboxylic acids is 1. The molecule has 1 aromatic rings. The number of aromatic nitrogens is 2. The molecule has 0 spiro atoms. The number of hydrogen-bond donors (Lipinski definition) is 0. The first-order valence-corrected chi connectivity index (χ1v) is 5.73. The van der Waals surface area contributed by atoms with Gasteiger partial charge in [0.1, 0.15) is 10.8 Å². The summed E-state index contributed by atoms with van der Waals surface area (Å²) in [4.78, 5) is 10.8. The average Bonchev–Trinajstić information content (AvgIpc) is 2.33. The van der Waals surface area contributed by atoms with E-state index >= 15 is 0 Å². The van der Waals surface area contributed by atoms with Crippen LogP contribution in [0.15, 0.2) is 4.34 Å². The summed E-state index contributed by atoms with van der Waals surface area (Å²) in [6, 6.07) is 0. The molecular formula is C8H12N2OS2. The zero-order valence-corrected chi connectivity index (χ0v) is 9.54. The van der Waals surface area contributed by atoms with Crippen molar-refractivity contribution in [3.63, 3.8) is 0 Å². The lowest BCUT2D eigenvalue weighted by molar-refractivity contribution is -0.116. The van der Waals surface area contributed by atoms with Gasteiger partial charge in [-0.1, -0.05) is 30.0 Å². The van der Waals surface area contributed by atoms with Gasteiger partial charge in [0, 0.05) is 11.7 Å².